The zero-order valence-electron chi connectivity index (χ0n) is 24.0. The maximum Gasteiger partial charge on any atom is 0.322 e. The van der Waals surface area contributed by atoms with Crippen LogP contribution >= 0.6 is 12.2 Å². The second kappa shape index (κ2) is 14.7. The second-order valence-electron chi connectivity index (χ2n) is 10.2. The molecule has 1 aliphatic heterocycles. The van der Waals surface area contributed by atoms with Crippen LogP contribution < -0.4 is 20.7 Å². The number of hydrogen-bond donors (Lipinski definition) is 3. The average Bonchev–Trinajstić information content (AvgIpc) is 3.55. The Kier molecular flexibility index (Phi) is 10.8. The van der Waals surface area contributed by atoms with Crippen molar-refractivity contribution in [2.45, 2.75) is 13.3 Å². The van der Waals surface area contributed by atoms with Crippen molar-refractivity contribution in [2.24, 2.45) is 0 Å². The van der Waals surface area contributed by atoms with Crippen LogP contribution in [0.1, 0.15) is 13.3 Å². The maximum absolute atomic E-state index is 14.5. The van der Waals surface area contributed by atoms with Crippen LogP contribution in [0.25, 0.3) is 11.1 Å². The Morgan fingerprint density at radius 1 is 1.05 bits per heavy atom. The van der Waals surface area contributed by atoms with E-state index in [9.17, 15) is 14.0 Å². The fraction of sp³-hybridized carbons (Fsp3) is 0.333. The Balaban J connectivity index is 0.000000587. The molecule has 0 bridgehead atoms. The number of thiocarbonyl (C=S) groups is 1. The summed E-state index contributed by atoms with van der Waals surface area (Å²) >= 11 is 4.97. The van der Waals surface area contributed by atoms with E-state index in [2.05, 4.69) is 62.0 Å². The van der Waals surface area contributed by atoms with Gasteiger partial charge in [-0.15, -0.1) is 0 Å². The lowest BCUT2D eigenvalue weighted by Gasteiger charge is -2.32. The molecule has 1 aromatic heterocycles. The molecule has 42 heavy (non-hydrogen) atoms. The van der Waals surface area contributed by atoms with Gasteiger partial charge in [0.15, 0.2) is 16.7 Å². The van der Waals surface area contributed by atoms with Crippen molar-refractivity contribution < 1.29 is 18.7 Å². The quantitative estimate of drug-likeness (QED) is 0.255. The van der Waals surface area contributed by atoms with E-state index >= 15 is 0 Å². The number of fused-ring (bicyclic) bond motifs is 1. The van der Waals surface area contributed by atoms with E-state index < -0.39 is 5.82 Å². The monoisotopic (exact) mass is 593 g/mol. The summed E-state index contributed by atoms with van der Waals surface area (Å²) in [4.78, 5) is 34.1. The van der Waals surface area contributed by atoms with Crippen LogP contribution in [0.5, 0.6) is 11.5 Å². The van der Waals surface area contributed by atoms with Crippen LogP contribution in [-0.4, -0.2) is 90.1 Å². The minimum atomic E-state index is -0.631. The molecule has 1 saturated heterocycles. The van der Waals surface area contributed by atoms with Crippen LogP contribution in [0.15, 0.2) is 60.8 Å². The van der Waals surface area contributed by atoms with Gasteiger partial charge in [0.2, 0.25) is 5.91 Å². The van der Waals surface area contributed by atoms with E-state index in [1.54, 1.807) is 24.1 Å². The molecule has 0 saturated carbocycles. The van der Waals surface area contributed by atoms with Crippen molar-refractivity contribution in [3.63, 3.8) is 0 Å². The number of nitrogens with one attached hydrogen (secondary N) is 3. The minimum Gasteiger partial charge on any atom is -0.454 e. The number of carbonyl (C=O) groups is 2. The average molecular weight is 594 g/mol. The van der Waals surface area contributed by atoms with Gasteiger partial charge >= 0.3 is 6.03 Å². The molecule has 1 fully saturated rings. The number of ether oxygens (including phenoxy) is 1. The number of benzene rings is 2. The number of pyridine rings is 1. The molecule has 0 unspecified atom stereocenters. The zero-order valence-corrected chi connectivity index (χ0v) is 24.8. The van der Waals surface area contributed by atoms with E-state index in [1.165, 1.54) is 42.4 Å². The van der Waals surface area contributed by atoms with Gasteiger partial charge in [-0.1, -0.05) is 18.2 Å². The maximum atomic E-state index is 14.5. The van der Waals surface area contributed by atoms with Gasteiger partial charge in [-0.05, 0) is 67.6 Å². The smallest absolute Gasteiger partial charge is 0.322 e. The summed E-state index contributed by atoms with van der Waals surface area (Å²) < 4.78 is 20.2. The summed E-state index contributed by atoms with van der Waals surface area (Å²) in [6.45, 7) is 7.12. The molecule has 0 radical (unpaired) electrons. The first kappa shape index (κ1) is 30.8. The third-order valence-electron chi connectivity index (χ3n) is 6.70. The largest absolute Gasteiger partial charge is 0.454 e. The van der Waals surface area contributed by atoms with Gasteiger partial charge in [0.05, 0.1) is 0 Å². The second-order valence-corrected chi connectivity index (χ2v) is 10.6. The highest BCUT2D eigenvalue weighted by molar-refractivity contribution is 7.80. The number of urea groups is 1. The van der Waals surface area contributed by atoms with Crippen molar-refractivity contribution in [2.75, 3.05) is 64.0 Å². The van der Waals surface area contributed by atoms with Gasteiger partial charge in [-0.25, -0.2) is 14.2 Å². The first-order valence-electron chi connectivity index (χ1n) is 13.7. The minimum absolute atomic E-state index is 0.0181. The van der Waals surface area contributed by atoms with Crippen LogP contribution in [0, 0.1) is 5.82 Å². The highest BCUT2D eigenvalue weighted by Crippen LogP contribution is 2.32. The SMILES string of the molecule is CC(=O)NC(=S)Nc1ccc(Oc2ccnc(NC(=O)N(C)CCCN3CCN(C)CC3)c2)c(F)c1.c1cc2cc-2c1. The molecular formula is C30H36FN7O3S. The van der Waals surface area contributed by atoms with E-state index in [0.29, 0.717) is 23.8 Å². The van der Waals surface area contributed by atoms with Crippen molar-refractivity contribution >= 4 is 40.8 Å². The molecule has 0 atom stereocenters. The molecule has 12 heteroatoms. The lowest BCUT2D eigenvalue weighted by Crippen LogP contribution is -2.45. The van der Waals surface area contributed by atoms with Gasteiger partial charge in [0, 0.05) is 70.7 Å². The number of halogens is 1. The number of hydrogen-bond acceptors (Lipinski definition) is 7. The summed E-state index contributed by atoms with van der Waals surface area (Å²) in [6.07, 6.45) is 2.35. The van der Waals surface area contributed by atoms with E-state index in [1.807, 2.05) is 0 Å². The number of nitrogens with zero attached hydrogens (tertiary/aromatic N) is 4. The standard InChI is InChI=1S/C24H32FN7O3S.C6H4/c1-17(33)27-23(36)28-18-5-6-21(20(25)15-18)35-19-7-8-26-22(16-19)29-24(34)31(3)9-4-10-32-13-11-30(2)12-14-32;1-2-5-4-6(5)3-1/h5-8,15-16H,4,9-14H2,1-3H3,(H,26,29,34)(H2,27,28,33,36);1-4H. The third-order valence-corrected chi connectivity index (χ3v) is 6.90. The van der Waals surface area contributed by atoms with E-state index in [4.69, 9.17) is 17.0 Å². The molecule has 10 nitrogen and oxygen atoms in total. The number of rotatable bonds is 8. The molecular weight excluding hydrogens is 557 g/mol. The van der Waals surface area contributed by atoms with Crippen LogP contribution in [0.2, 0.25) is 0 Å². The predicted octanol–water partition coefficient (Wildman–Crippen LogP) is 4.61. The van der Waals surface area contributed by atoms with E-state index in [0.717, 1.165) is 39.1 Å². The number of piperazine rings is 1. The van der Waals surface area contributed by atoms with Crippen LogP contribution in [0.3, 0.4) is 0 Å². The molecule has 2 aliphatic carbocycles. The van der Waals surface area contributed by atoms with Crippen molar-refractivity contribution in [3.8, 4) is 22.6 Å². The summed E-state index contributed by atoms with van der Waals surface area (Å²) in [6, 6.07) is 15.5. The Bertz CT molecular complexity index is 1400. The van der Waals surface area contributed by atoms with Gasteiger partial charge < -0.3 is 30.1 Å². The third kappa shape index (κ3) is 9.75. The van der Waals surface area contributed by atoms with Crippen molar-refractivity contribution in [1.29, 1.82) is 0 Å². The van der Waals surface area contributed by atoms with Gasteiger partial charge in [0.1, 0.15) is 11.6 Å². The Hall–Kier alpha value is -4.13. The first-order valence-corrected chi connectivity index (χ1v) is 14.1. The van der Waals surface area contributed by atoms with Crippen LogP contribution in [0.4, 0.5) is 20.7 Å². The molecule has 3 aliphatic rings. The number of amides is 3. The summed E-state index contributed by atoms with van der Waals surface area (Å²) in [5, 5.41) is 7.93. The molecule has 2 aromatic rings. The normalized spacial score (nSPS) is 13.7. The first-order chi connectivity index (χ1) is 20.2. The molecule has 3 N–H and O–H groups in total. The Morgan fingerprint density at radius 2 is 1.79 bits per heavy atom. The van der Waals surface area contributed by atoms with Crippen molar-refractivity contribution in [3.05, 3.63) is 66.6 Å². The number of carbonyl (C=O) groups excluding carboxylic acids is 2. The van der Waals surface area contributed by atoms with Gasteiger partial charge in [0.25, 0.3) is 0 Å². The fourth-order valence-corrected chi connectivity index (χ4v) is 4.50. The highest BCUT2D eigenvalue weighted by atomic mass is 32.1. The molecule has 1 aromatic carbocycles. The summed E-state index contributed by atoms with van der Waals surface area (Å²) in [7, 11) is 3.87. The van der Waals surface area contributed by atoms with Crippen LogP contribution in [-0.2, 0) is 4.79 Å². The van der Waals surface area contributed by atoms with Crippen molar-refractivity contribution in [1.82, 2.24) is 25.0 Å². The van der Waals surface area contributed by atoms with E-state index in [-0.39, 0.29) is 22.8 Å². The lowest BCUT2D eigenvalue weighted by molar-refractivity contribution is -0.117. The Morgan fingerprint density at radius 3 is 2.40 bits per heavy atom. The molecule has 222 valence electrons. The molecule has 3 amide bonds. The predicted molar refractivity (Wildman–Crippen MR) is 166 cm³/mol. The summed E-state index contributed by atoms with van der Waals surface area (Å²) in [5.74, 6) is -0.372. The number of aromatic nitrogens is 1. The topological polar surface area (TPSA) is 102 Å². The molecule has 0 spiro atoms. The lowest BCUT2D eigenvalue weighted by atomic mass is 10.3. The number of likely N-dealkylation sites (N-methyl/N-ethyl adjacent to an activating group) is 1. The van der Waals surface area contributed by atoms with Gasteiger partial charge in [-0.3, -0.25) is 10.1 Å². The fourth-order valence-electron chi connectivity index (χ4n) is 4.24. The Labute approximate surface area is 250 Å². The number of anilines is 2. The summed E-state index contributed by atoms with van der Waals surface area (Å²) in [5.41, 5.74) is 3.21. The van der Waals surface area contributed by atoms with Gasteiger partial charge in [-0.2, -0.15) is 0 Å². The zero-order chi connectivity index (χ0) is 30.1. The molecule has 5 rings (SSSR count). The molecule has 2 heterocycles. The highest BCUT2D eigenvalue weighted by Gasteiger charge is 2.15.